The van der Waals surface area contributed by atoms with Crippen LogP contribution in [-0.2, 0) is 15.9 Å². The highest BCUT2D eigenvalue weighted by Crippen LogP contribution is 2.44. The second-order valence-electron chi connectivity index (χ2n) is 8.58. The molecular weight excluding hydrogens is 396 g/mol. The summed E-state index contributed by atoms with van der Waals surface area (Å²) in [6.45, 7) is 2.84. The highest BCUT2D eigenvalue weighted by atomic mass is 19.3. The van der Waals surface area contributed by atoms with Crippen LogP contribution >= 0.6 is 0 Å². The third-order valence-electron chi connectivity index (χ3n) is 6.18. The zero-order valence-electron chi connectivity index (χ0n) is 17.1. The number of anilines is 1. The molecule has 0 atom stereocenters. The molecule has 162 valence electrons. The number of ether oxygens (including phenoxy) is 2. The molecule has 0 spiro atoms. The largest absolute Gasteiger partial charge is 0.460 e. The molecular formula is C20H25F2N5O3. The Kier molecular flexibility index (Phi) is 4.64. The molecule has 0 saturated carbocycles. The van der Waals surface area contributed by atoms with E-state index in [9.17, 15) is 13.6 Å². The molecule has 2 aromatic heterocycles. The molecule has 4 aliphatic heterocycles. The lowest BCUT2D eigenvalue weighted by Gasteiger charge is -2.56. The zero-order chi connectivity index (χ0) is 21.0. The van der Waals surface area contributed by atoms with Crippen LogP contribution in [0.5, 0.6) is 0 Å². The number of hydrogen-bond donors (Lipinski definition) is 0. The van der Waals surface area contributed by atoms with E-state index >= 15 is 0 Å². The van der Waals surface area contributed by atoms with Crippen molar-refractivity contribution in [3.05, 3.63) is 17.6 Å². The summed E-state index contributed by atoms with van der Waals surface area (Å²) in [4.78, 5) is 23.5. The molecule has 0 amide bonds. The molecule has 0 unspecified atom stereocenters. The Balaban J connectivity index is 1.56. The highest BCUT2D eigenvalue weighted by Gasteiger charge is 2.49. The number of aromatic nitrogens is 4. The first-order valence-electron chi connectivity index (χ1n) is 10.6. The summed E-state index contributed by atoms with van der Waals surface area (Å²) in [5.41, 5.74) is 0.920. The Hall–Kier alpha value is -2.36. The van der Waals surface area contributed by atoms with E-state index in [1.54, 1.807) is 17.5 Å². The lowest BCUT2D eigenvalue weighted by Crippen LogP contribution is -2.63. The quantitative estimate of drug-likeness (QED) is 0.664. The fourth-order valence-electron chi connectivity index (χ4n) is 5.02. The lowest BCUT2D eigenvalue weighted by molar-refractivity contribution is -0.121. The van der Waals surface area contributed by atoms with E-state index in [-0.39, 0.29) is 49.6 Å². The SMILES string of the molecule is CCOC(=O)c1nc(N2C3CC4CC2CC(C3)O4)n2nc(CCC(C)(F)F)cc2n1. The Morgan fingerprint density at radius 1 is 1.23 bits per heavy atom. The first-order valence-corrected chi connectivity index (χ1v) is 10.6. The van der Waals surface area contributed by atoms with Crippen molar-refractivity contribution in [1.82, 2.24) is 19.6 Å². The van der Waals surface area contributed by atoms with Crippen LogP contribution in [0.15, 0.2) is 6.07 Å². The number of alkyl halides is 2. The lowest BCUT2D eigenvalue weighted by atomic mass is 9.78. The van der Waals surface area contributed by atoms with Crippen molar-refractivity contribution < 1.29 is 23.0 Å². The minimum Gasteiger partial charge on any atom is -0.460 e. The Morgan fingerprint density at radius 3 is 2.50 bits per heavy atom. The number of hydrogen-bond acceptors (Lipinski definition) is 7. The second-order valence-corrected chi connectivity index (χ2v) is 8.58. The molecule has 6 rings (SSSR count). The minimum atomic E-state index is -2.77. The average Bonchev–Trinajstić information content (AvgIpc) is 3.08. The average molecular weight is 421 g/mol. The number of halogens is 2. The van der Waals surface area contributed by atoms with Gasteiger partial charge in [0.15, 0.2) is 5.65 Å². The van der Waals surface area contributed by atoms with Gasteiger partial charge >= 0.3 is 5.97 Å². The van der Waals surface area contributed by atoms with Crippen LogP contribution in [-0.4, -0.2) is 62.4 Å². The summed E-state index contributed by atoms with van der Waals surface area (Å²) in [7, 11) is 0. The van der Waals surface area contributed by atoms with E-state index in [2.05, 4.69) is 20.0 Å². The zero-order valence-corrected chi connectivity index (χ0v) is 17.1. The van der Waals surface area contributed by atoms with Crippen LogP contribution in [0.25, 0.3) is 5.65 Å². The van der Waals surface area contributed by atoms with Crippen LogP contribution in [0.1, 0.15) is 62.3 Å². The second kappa shape index (κ2) is 7.11. The standard InChI is InChI=1S/C20H25F2N5O3/c1-3-29-18(28)17-23-16-6-11(4-5-20(2,21)22)25-27(16)19(24-17)26-12-7-14-9-13(26)10-15(8-12)30-14/h6,12-15H,3-5,7-10H2,1-2H3. The number of carbonyl (C=O) groups is 1. The molecule has 0 aromatic carbocycles. The molecule has 8 nitrogen and oxygen atoms in total. The van der Waals surface area contributed by atoms with Gasteiger partial charge in [0.25, 0.3) is 0 Å². The van der Waals surface area contributed by atoms with Gasteiger partial charge in [0, 0.05) is 24.6 Å². The van der Waals surface area contributed by atoms with Crippen molar-refractivity contribution in [3.63, 3.8) is 0 Å². The number of carbonyl (C=O) groups excluding carboxylic acids is 1. The highest BCUT2D eigenvalue weighted by molar-refractivity contribution is 5.86. The van der Waals surface area contributed by atoms with Crippen LogP contribution in [0.2, 0.25) is 0 Å². The van der Waals surface area contributed by atoms with Gasteiger partial charge in [-0.1, -0.05) is 0 Å². The molecule has 0 aliphatic carbocycles. The molecule has 10 heteroatoms. The molecule has 6 heterocycles. The predicted molar refractivity (Wildman–Crippen MR) is 103 cm³/mol. The van der Waals surface area contributed by atoms with Crippen molar-refractivity contribution >= 4 is 17.6 Å². The molecule has 4 fully saturated rings. The molecule has 4 bridgehead atoms. The maximum atomic E-state index is 13.3. The van der Waals surface area contributed by atoms with Gasteiger partial charge in [-0.2, -0.15) is 14.6 Å². The van der Waals surface area contributed by atoms with Gasteiger partial charge in [0.1, 0.15) is 0 Å². The summed E-state index contributed by atoms with van der Waals surface area (Å²) < 4.78 is 39.4. The molecule has 30 heavy (non-hydrogen) atoms. The van der Waals surface area contributed by atoms with E-state index < -0.39 is 11.9 Å². The first kappa shape index (κ1) is 19.6. The van der Waals surface area contributed by atoms with E-state index in [1.807, 2.05) is 0 Å². The summed E-state index contributed by atoms with van der Waals surface area (Å²) in [6, 6.07) is 2.16. The van der Waals surface area contributed by atoms with Gasteiger partial charge < -0.3 is 14.4 Å². The van der Waals surface area contributed by atoms with E-state index in [0.717, 1.165) is 32.6 Å². The molecule has 2 aromatic rings. The smallest absolute Gasteiger partial charge is 0.376 e. The third kappa shape index (κ3) is 3.51. The van der Waals surface area contributed by atoms with Crippen molar-refractivity contribution in [2.45, 2.75) is 82.6 Å². The van der Waals surface area contributed by atoms with Crippen LogP contribution in [0.4, 0.5) is 14.7 Å². The number of rotatable bonds is 6. The fraction of sp³-hybridized carbons (Fsp3) is 0.700. The van der Waals surface area contributed by atoms with E-state index in [4.69, 9.17) is 9.47 Å². The van der Waals surface area contributed by atoms with Crippen LogP contribution in [0.3, 0.4) is 0 Å². The van der Waals surface area contributed by atoms with Crippen molar-refractivity contribution in [2.75, 3.05) is 11.5 Å². The van der Waals surface area contributed by atoms with Gasteiger partial charge in [-0.3, -0.25) is 0 Å². The Bertz CT molecular complexity index is 945. The third-order valence-corrected chi connectivity index (χ3v) is 6.18. The van der Waals surface area contributed by atoms with Gasteiger partial charge in [0.05, 0.1) is 24.5 Å². The van der Waals surface area contributed by atoms with Crippen molar-refractivity contribution in [3.8, 4) is 0 Å². The number of piperidine rings is 2. The summed E-state index contributed by atoms with van der Waals surface area (Å²) in [6.07, 6.45) is 3.97. The number of aryl methyl sites for hydroxylation is 1. The number of nitrogens with zero attached hydrogens (tertiary/aromatic N) is 5. The van der Waals surface area contributed by atoms with E-state index in [0.29, 0.717) is 17.3 Å². The van der Waals surface area contributed by atoms with Gasteiger partial charge in [0.2, 0.25) is 17.7 Å². The Labute approximate surface area is 172 Å². The van der Waals surface area contributed by atoms with Gasteiger partial charge in [-0.15, -0.1) is 0 Å². The minimum absolute atomic E-state index is 0.0309. The number of fused-ring (bicyclic) bond motifs is 1. The molecule has 0 N–H and O–H groups in total. The number of esters is 1. The van der Waals surface area contributed by atoms with Crippen molar-refractivity contribution in [2.24, 2.45) is 0 Å². The fourth-order valence-corrected chi connectivity index (χ4v) is 5.02. The maximum Gasteiger partial charge on any atom is 0.376 e. The van der Waals surface area contributed by atoms with Crippen LogP contribution < -0.4 is 4.90 Å². The molecule has 4 aliphatic rings. The predicted octanol–water partition coefficient (Wildman–Crippen LogP) is 2.79. The van der Waals surface area contributed by atoms with Gasteiger partial charge in [-0.05, 0) is 46.0 Å². The monoisotopic (exact) mass is 421 g/mol. The van der Waals surface area contributed by atoms with Crippen LogP contribution in [0, 0.1) is 0 Å². The van der Waals surface area contributed by atoms with Gasteiger partial charge in [-0.25, -0.2) is 18.6 Å². The normalized spacial score (nSPS) is 27.8. The maximum absolute atomic E-state index is 13.3. The topological polar surface area (TPSA) is 81.8 Å². The first-order chi connectivity index (χ1) is 14.3. The summed E-state index contributed by atoms with van der Waals surface area (Å²) >= 11 is 0. The Morgan fingerprint density at radius 2 is 1.90 bits per heavy atom. The summed E-state index contributed by atoms with van der Waals surface area (Å²) in [5, 5.41) is 4.53. The molecule has 0 radical (unpaired) electrons. The molecule has 4 saturated heterocycles. The summed E-state index contributed by atoms with van der Waals surface area (Å²) in [5.74, 6) is -2.87. The van der Waals surface area contributed by atoms with Crippen molar-refractivity contribution in [1.29, 1.82) is 0 Å². The van der Waals surface area contributed by atoms with E-state index in [1.165, 1.54) is 0 Å².